The van der Waals surface area contributed by atoms with Crippen molar-refractivity contribution < 1.29 is 18.7 Å². The molecule has 0 aliphatic carbocycles. The molecular weight excluding hydrogens is 259 g/mol. The number of rotatable bonds is 2. The first-order valence-electron chi connectivity index (χ1n) is 6.17. The van der Waals surface area contributed by atoms with Gasteiger partial charge in [0, 0.05) is 5.56 Å². The lowest BCUT2D eigenvalue weighted by Crippen LogP contribution is -2.43. The van der Waals surface area contributed by atoms with Gasteiger partial charge in [0.1, 0.15) is 5.60 Å². The summed E-state index contributed by atoms with van der Waals surface area (Å²) in [6, 6.07) is 8.66. The van der Waals surface area contributed by atoms with Crippen LogP contribution >= 0.6 is 0 Å². The molecule has 20 heavy (non-hydrogen) atoms. The molecule has 1 aromatic carbocycles. The third kappa shape index (κ3) is 4.51. The molecule has 3 nitrogen and oxygen atoms in total. The standard InChI is InChI=1S/C16H17FO3/c1-15(2,3)20-14(19)16(4,17)13(18)11-10-12-8-6-5-7-9-12/h5-9H,1-4H3. The van der Waals surface area contributed by atoms with Crippen molar-refractivity contribution in [3.8, 4) is 11.8 Å². The van der Waals surface area contributed by atoms with Crippen molar-refractivity contribution in [3.05, 3.63) is 35.9 Å². The summed E-state index contributed by atoms with van der Waals surface area (Å²) in [5, 5.41) is 0. The number of hydrogen-bond acceptors (Lipinski definition) is 3. The van der Waals surface area contributed by atoms with E-state index in [-0.39, 0.29) is 0 Å². The van der Waals surface area contributed by atoms with Crippen LogP contribution in [0, 0.1) is 11.8 Å². The molecule has 0 fully saturated rings. The van der Waals surface area contributed by atoms with Crippen LogP contribution in [0.15, 0.2) is 30.3 Å². The van der Waals surface area contributed by atoms with Gasteiger partial charge in [-0.2, -0.15) is 0 Å². The quantitative estimate of drug-likeness (QED) is 0.474. The zero-order chi connectivity index (χ0) is 15.4. The van der Waals surface area contributed by atoms with Crippen molar-refractivity contribution in [2.24, 2.45) is 0 Å². The monoisotopic (exact) mass is 276 g/mol. The number of halogens is 1. The van der Waals surface area contributed by atoms with Gasteiger partial charge in [-0.05, 0) is 45.7 Å². The number of carbonyl (C=O) groups is 2. The van der Waals surface area contributed by atoms with Gasteiger partial charge in [-0.3, -0.25) is 4.79 Å². The van der Waals surface area contributed by atoms with Crippen molar-refractivity contribution in [2.45, 2.75) is 39.0 Å². The summed E-state index contributed by atoms with van der Waals surface area (Å²) >= 11 is 0. The summed E-state index contributed by atoms with van der Waals surface area (Å²) in [6.45, 7) is 5.66. The highest BCUT2D eigenvalue weighted by molar-refractivity contribution is 6.15. The van der Waals surface area contributed by atoms with Gasteiger partial charge in [-0.1, -0.05) is 24.1 Å². The van der Waals surface area contributed by atoms with Crippen LogP contribution in [0.1, 0.15) is 33.3 Å². The highest BCUT2D eigenvalue weighted by atomic mass is 19.1. The van der Waals surface area contributed by atoms with Crippen LogP contribution in [0.2, 0.25) is 0 Å². The minimum Gasteiger partial charge on any atom is -0.457 e. The lowest BCUT2D eigenvalue weighted by molar-refractivity contribution is -0.169. The van der Waals surface area contributed by atoms with Gasteiger partial charge in [0.2, 0.25) is 0 Å². The van der Waals surface area contributed by atoms with E-state index in [0.29, 0.717) is 5.56 Å². The van der Waals surface area contributed by atoms with E-state index < -0.39 is 23.0 Å². The highest BCUT2D eigenvalue weighted by Gasteiger charge is 2.43. The molecule has 0 aliphatic heterocycles. The van der Waals surface area contributed by atoms with Crippen LogP contribution < -0.4 is 0 Å². The molecule has 0 radical (unpaired) electrons. The predicted molar refractivity (Wildman–Crippen MR) is 73.7 cm³/mol. The molecule has 0 spiro atoms. The Morgan fingerprint density at radius 2 is 1.65 bits per heavy atom. The molecule has 1 unspecified atom stereocenters. The molecule has 0 heterocycles. The van der Waals surface area contributed by atoms with Crippen molar-refractivity contribution >= 4 is 11.8 Å². The van der Waals surface area contributed by atoms with E-state index in [1.165, 1.54) is 0 Å². The van der Waals surface area contributed by atoms with Crippen LogP contribution in [0.4, 0.5) is 4.39 Å². The smallest absolute Gasteiger partial charge is 0.353 e. The number of hydrogen-bond donors (Lipinski definition) is 0. The van der Waals surface area contributed by atoms with Crippen LogP contribution in [0.5, 0.6) is 0 Å². The second kappa shape index (κ2) is 5.87. The Bertz CT molecular complexity index is 557. The van der Waals surface area contributed by atoms with Crippen LogP contribution in [-0.2, 0) is 14.3 Å². The molecule has 1 aromatic rings. The predicted octanol–water partition coefficient (Wildman–Crippen LogP) is 2.68. The largest absolute Gasteiger partial charge is 0.457 e. The minimum absolute atomic E-state index is 0.570. The van der Waals surface area contributed by atoms with Crippen molar-refractivity contribution in [2.75, 3.05) is 0 Å². The summed E-state index contributed by atoms with van der Waals surface area (Å²) in [7, 11) is 0. The Labute approximate surface area is 118 Å². The second-order valence-corrected chi connectivity index (χ2v) is 5.45. The molecule has 0 aromatic heterocycles. The van der Waals surface area contributed by atoms with E-state index in [2.05, 4.69) is 11.8 Å². The van der Waals surface area contributed by atoms with E-state index in [1.807, 2.05) is 0 Å². The third-order valence-electron chi connectivity index (χ3n) is 2.30. The SMILES string of the molecule is CC(C)(C)OC(=O)C(C)(F)C(=O)C#Cc1ccccc1. The van der Waals surface area contributed by atoms with Gasteiger partial charge in [0.05, 0.1) is 0 Å². The Morgan fingerprint density at radius 3 is 2.15 bits per heavy atom. The van der Waals surface area contributed by atoms with Gasteiger partial charge < -0.3 is 4.74 Å². The van der Waals surface area contributed by atoms with Gasteiger partial charge in [0.25, 0.3) is 11.5 Å². The fourth-order valence-corrected chi connectivity index (χ4v) is 1.23. The van der Waals surface area contributed by atoms with Crippen molar-refractivity contribution in [1.82, 2.24) is 0 Å². The molecule has 1 atom stereocenters. The van der Waals surface area contributed by atoms with Gasteiger partial charge in [-0.25, -0.2) is 9.18 Å². The first kappa shape index (κ1) is 15.9. The molecule has 1 rings (SSSR count). The summed E-state index contributed by atoms with van der Waals surface area (Å²) < 4.78 is 19.1. The molecule has 106 valence electrons. The number of benzene rings is 1. The molecule has 0 bridgehead atoms. The van der Waals surface area contributed by atoms with Gasteiger partial charge in [-0.15, -0.1) is 0 Å². The molecule has 0 amide bonds. The Hall–Kier alpha value is -2.15. The summed E-state index contributed by atoms with van der Waals surface area (Å²) in [5.41, 5.74) is -3.06. The number of carbonyl (C=O) groups excluding carboxylic acids is 2. The van der Waals surface area contributed by atoms with E-state index in [4.69, 9.17) is 4.74 Å². The molecule has 0 saturated heterocycles. The van der Waals surface area contributed by atoms with E-state index in [9.17, 15) is 14.0 Å². The molecule has 0 saturated carbocycles. The first-order valence-corrected chi connectivity index (χ1v) is 6.17. The minimum atomic E-state index is -2.77. The lowest BCUT2D eigenvalue weighted by atomic mass is 10.0. The molecule has 0 N–H and O–H groups in total. The Balaban J connectivity index is 2.86. The summed E-state index contributed by atoms with van der Waals surface area (Å²) in [4.78, 5) is 23.4. The number of ketones is 1. The summed E-state index contributed by atoms with van der Waals surface area (Å²) in [5.74, 6) is 2.32. The Morgan fingerprint density at radius 1 is 1.10 bits per heavy atom. The average molecular weight is 276 g/mol. The fraction of sp³-hybridized carbons (Fsp3) is 0.375. The van der Waals surface area contributed by atoms with Gasteiger partial charge in [0.15, 0.2) is 0 Å². The van der Waals surface area contributed by atoms with E-state index in [1.54, 1.807) is 51.1 Å². The second-order valence-electron chi connectivity index (χ2n) is 5.45. The topological polar surface area (TPSA) is 43.4 Å². The molecule has 0 aliphatic rings. The van der Waals surface area contributed by atoms with Gasteiger partial charge >= 0.3 is 5.97 Å². The van der Waals surface area contributed by atoms with E-state index >= 15 is 0 Å². The van der Waals surface area contributed by atoms with Crippen molar-refractivity contribution in [3.63, 3.8) is 0 Å². The van der Waals surface area contributed by atoms with Crippen LogP contribution in [0.25, 0.3) is 0 Å². The lowest BCUT2D eigenvalue weighted by Gasteiger charge is -2.23. The van der Waals surface area contributed by atoms with Crippen LogP contribution in [0.3, 0.4) is 0 Å². The van der Waals surface area contributed by atoms with Crippen molar-refractivity contribution in [1.29, 1.82) is 0 Å². The maximum Gasteiger partial charge on any atom is 0.353 e. The molecule has 4 heteroatoms. The highest BCUT2D eigenvalue weighted by Crippen LogP contribution is 2.18. The number of esters is 1. The average Bonchev–Trinajstić information content (AvgIpc) is 2.35. The maximum atomic E-state index is 14.2. The zero-order valence-corrected chi connectivity index (χ0v) is 12.0. The summed E-state index contributed by atoms with van der Waals surface area (Å²) in [6.07, 6.45) is 0. The third-order valence-corrected chi connectivity index (χ3v) is 2.30. The number of Topliss-reactive ketones (excluding diaryl/α,β-unsaturated/α-hetero) is 1. The molecular formula is C16H17FO3. The first-order chi connectivity index (χ1) is 9.13. The maximum absolute atomic E-state index is 14.2. The normalized spacial score (nSPS) is 13.7. The number of alkyl halides is 1. The van der Waals surface area contributed by atoms with E-state index in [0.717, 1.165) is 6.92 Å². The van der Waals surface area contributed by atoms with Crippen LogP contribution in [-0.4, -0.2) is 23.0 Å². The number of ether oxygens (including phenoxy) is 1. The zero-order valence-electron chi connectivity index (χ0n) is 12.0. The fourth-order valence-electron chi connectivity index (χ4n) is 1.23. The Kier molecular flexibility index (Phi) is 4.67.